The molecule has 0 fully saturated rings. The normalized spacial score (nSPS) is 12.0. The van der Waals surface area contributed by atoms with E-state index in [1.807, 2.05) is 54.6 Å². The van der Waals surface area contributed by atoms with Crippen molar-refractivity contribution in [2.24, 2.45) is 0 Å². The van der Waals surface area contributed by atoms with Crippen molar-refractivity contribution in [3.05, 3.63) is 54.6 Å². The van der Waals surface area contributed by atoms with E-state index in [9.17, 15) is 4.79 Å². The first-order valence-corrected chi connectivity index (χ1v) is 6.70. The van der Waals surface area contributed by atoms with Gasteiger partial charge in [-0.25, -0.2) is 4.98 Å². The number of hydrogen-bond acceptors (Lipinski definition) is 3. The minimum absolute atomic E-state index is 0.252. The Balaban J connectivity index is 1.68. The zero-order chi connectivity index (χ0) is 14.7. The smallest absolute Gasteiger partial charge is 0.267 e. The second kappa shape index (κ2) is 5.66. The van der Waals surface area contributed by atoms with Gasteiger partial charge in [0, 0.05) is 0 Å². The van der Waals surface area contributed by atoms with Crippen molar-refractivity contribution in [2.45, 2.75) is 13.0 Å². The Hall–Kier alpha value is -2.82. The van der Waals surface area contributed by atoms with Crippen LogP contribution in [-0.4, -0.2) is 22.0 Å². The van der Waals surface area contributed by atoms with Gasteiger partial charge in [0.1, 0.15) is 5.75 Å². The molecule has 0 aliphatic carbocycles. The maximum absolute atomic E-state index is 12.1. The molecule has 3 rings (SSSR count). The van der Waals surface area contributed by atoms with Crippen LogP contribution in [0.4, 0.5) is 5.95 Å². The summed E-state index contributed by atoms with van der Waals surface area (Å²) in [5.74, 6) is 0.826. The lowest BCUT2D eigenvalue weighted by Crippen LogP contribution is -2.30. The van der Waals surface area contributed by atoms with E-state index in [0.717, 1.165) is 11.0 Å². The molecular formula is C16H15N3O2. The van der Waals surface area contributed by atoms with Gasteiger partial charge in [0.2, 0.25) is 5.95 Å². The topological polar surface area (TPSA) is 67.0 Å². The molecule has 2 aromatic carbocycles. The van der Waals surface area contributed by atoms with Gasteiger partial charge in [0.05, 0.1) is 11.0 Å². The molecule has 21 heavy (non-hydrogen) atoms. The van der Waals surface area contributed by atoms with Crippen LogP contribution in [0.5, 0.6) is 5.75 Å². The first kappa shape index (κ1) is 13.2. The molecular weight excluding hydrogens is 266 g/mol. The van der Waals surface area contributed by atoms with Crippen LogP contribution in [0.3, 0.4) is 0 Å². The number of fused-ring (bicyclic) bond motifs is 1. The highest BCUT2D eigenvalue weighted by Crippen LogP contribution is 2.15. The molecule has 0 saturated carbocycles. The van der Waals surface area contributed by atoms with Crippen molar-refractivity contribution in [1.82, 2.24) is 9.97 Å². The fraction of sp³-hybridized carbons (Fsp3) is 0.125. The third-order valence-corrected chi connectivity index (χ3v) is 3.06. The van der Waals surface area contributed by atoms with E-state index in [4.69, 9.17) is 4.74 Å². The molecule has 1 atom stereocenters. The molecule has 1 aromatic heterocycles. The number of hydrogen-bond donors (Lipinski definition) is 2. The summed E-state index contributed by atoms with van der Waals surface area (Å²) in [7, 11) is 0. The van der Waals surface area contributed by atoms with Gasteiger partial charge in [-0.2, -0.15) is 0 Å². The summed E-state index contributed by atoms with van der Waals surface area (Å²) in [5, 5.41) is 2.72. The largest absolute Gasteiger partial charge is 0.481 e. The van der Waals surface area contributed by atoms with E-state index in [0.29, 0.717) is 11.7 Å². The molecule has 1 heterocycles. The molecule has 0 saturated heterocycles. The lowest BCUT2D eigenvalue weighted by Gasteiger charge is -2.13. The molecule has 5 nitrogen and oxygen atoms in total. The maximum Gasteiger partial charge on any atom is 0.267 e. The number of imidazole rings is 1. The SMILES string of the molecule is C[C@@H](Oc1ccccc1)C(=O)Nc1nc2ccccc2[nH]1. The predicted octanol–water partition coefficient (Wildman–Crippen LogP) is 2.97. The number of anilines is 1. The second-order valence-electron chi connectivity index (χ2n) is 4.66. The van der Waals surface area contributed by atoms with E-state index in [1.54, 1.807) is 6.92 Å². The van der Waals surface area contributed by atoms with Gasteiger partial charge in [-0.3, -0.25) is 10.1 Å². The number of nitrogens with zero attached hydrogens (tertiary/aromatic N) is 1. The third kappa shape index (κ3) is 3.02. The molecule has 3 aromatic rings. The summed E-state index contributed by atoms with van der Waals surface area (Å²) < 4.78 is 5.57. The van der Waals surface area contributed by atoms with Crippen LogP contribution in [-0.2, 0) is 4.79 Å². The fourth-order valence-electron chi connectivity index (χ4n) is 1.99. The predicted molar refractivity (Wildman–Crippen MR) is 81.3 cm³/mol. The van der Waals surface area contributed by atoms with Gasteiger partial charge < -0.3 is 9.72 Å². The van der Waals surface area contributed by atoms with Gasteiger partial charge in [0.15, 0.2) is 6.10 Å². The molecule has 106 valence electrons. The number of para-hydroxylation sites is 3. The summed E-state index contributed by atoms with van der Waals surface area (Å²) in [6.07, 6.45) is -0.611. The van der Waals surface area contributed by atoms with Crippen LogP contribution in [0.1, 0.15) is 6.92 Å². The Labute approximate surface area is 122 Å². The van der Waals surface area contributed by atoms with E-state index < -0.39 is 6.10 Å². The minimum atomic E-state index is -0.611. The highest BCUT2D eigenvalue weighted by atomic mass is 16.5. The van der Waals surface area contributed by atoms with Gasteiger partial charge >= 0.3 is 0 Å². The number of aromatic nitrogens is 2. The first-order chi connectivity index (χ1) is 10.2. The number of nitrogens with one attached hydrogen (secondary N) is 2. The summed E-state index contributed by atoms with van der Waals surface area (Å²) in [5.41, 5.74) is 1.69. The fourth-order valence-corrected chi connectivity index (χ4v) is 1.99. The molecule has 0 bridgehead atoms. The molecule has 1 amide bonds. The van der Waals surface area contributed by atoms with Crippen molar-refractivity contribution >= 4 is 22.9 Å². The van der Waals surface area contributed by atoms with Crippen LogP contribution in [0, 0.1) is 0 Å². The zero-order valence-electron chi connectivity index (χ0n) is 11.5. The lowest BCUT2D eigenvalue weighted by molar-refractivity contribution is -0.122. The summed E-state index contributed by atoms with van der Waals surface area (Å²) in [6, 6.07) is 16.8. The Morgan fingerprint density at radius 3 is 2.62 bits per heavy atom. The molecule has 0 spiro atoms. The van der Waals surface area contributed by atoms with Crippen LogP contribution in [0.25, 0.3) is 11.0 Å². The van der Waals surface area contributed by atoms with Gasteiger partial charge in [0.25, 0.3) is 5.91 Å². The third-order valence-electron chi connectivity index (χ3n) is 3.06. The zero-order valence-corrected chi connectivity index (χ0v) is 11.5. The van der Waals surface area contributed by atoms with E-state index in [-0.39, 0.29) is 5.91 Å². The molecule has 0 aliphatic rings. The number of carbonyl (C=O) groups is 1. The molecule has 5 heteroatoms. The number of amides is 1. The van der Waals surface area contributed by atoms with Crippen LogP contribution < -0.4 is 10.1 Å². The van der Waals surface area contributed by atoms with Crippen LogP contribution in [0.2, 0.25) is 0 Å². The summed E-state index contributed by atoms with van der Waals surface area (Å²) in [4.78, 5) is 19.4. The van der Waals surface area contributed by atoms with Crippen molar-refractivity contribution in [3.8, 4) is 5.75 Å². The minimum Gasteiger partial charge on any atom is -0.481 e. The van der Waals surface area contributed by atoms with Crippen molar-refractivity contribution in [3.63, 3.8) is 0 Å². The molecule has 2 N–H and O–H groups in total. The quantitative estimate of drug-likeness (QED) is 0.772. The first-order valence-electron chi connectivity index (χ1n) is 6.70. The number of carbonyl (C=O) groups excluding carboxylic acids is 1. The summed E-state index contributed by atoms with van der Waals surface area (Å²) >= 11 is 0. The Morgan fingerprint density at radius 1 is 1.14 bits per heavy atom. The lowest BCUT2D eigenvalue weighted by atomic mass is 10.3. The average molecular weight is 281 g/mol. The van der Waals surface area contributed by atoms with Gasteiger partial charge in [-0.15, -0.1) is 0 Å². The van der Waals surface area contributed by atoms with Crippen LogP contribution >= 0.6 is 0 Å². The molecule has 0 unspecified atom stereocenters. The van der Waals surface area contributed by atoms with Crippen molar-refractivity contribution in [2.75, 3.05) is 5.32 Å². The number of rotatable bonds is 4. The average Bonchev–Trinajstić information content (AvgIpc) is 2.90. The van der Waals surface area contributed by atoms with Gasteiger partial charge in [-0.1, -0.05) is 30.3 Å². The standard InChI is InChI=1S/C16H15N3O2/c1-11(21-12-7-3-2-4-8-12)15(20)19-16-17-13-9-5-6-10-14(13)18-16/h2-11H,1H3,(H2,17,18,19,20)/t11-/m1/s1. The number of aromatic amines is 1. The Bertz CT molecular complexity index is 719. The number of ether oxygens (including phenoxy) is 1. The molecule has 0 aliphatic heterocycles. The monoisotopic (exact) mass is 281 g/mol. The molecule has 0 radical (unpaired) electrons. The van der Waals surface area contributed by atoms with E-state index in [2.05, 4.69) is 15.3 Å². The Kier molecular flexibility index (Phi) is 3.55. The van der Waals surface area contributed by atoms with Crippen molar-refractivity contribution in [1.29, 1.82) is 0 Å². The second-order valence-corrected chi connectivity index (χ2v) is 4.66. The van der Waals surface area contributed by atoms with E-state index in [1.165, 1.54) is 0 Å². The van der Waals surface area contributed by atoms with Crippen LogP contribution in [0.15, 0.2) is 54.6 Å². The summed E-state index contributed by atoms with van der Waals surface area (Å²) in [6.45, 7) is 1.70. The number of benzene rings is 2. The van der Waals surface area contributed by atoms with Crippen molar-refractivity contribution < 1.29 is 9.53 Å². The van der Waals surface area contributed by atoms with E-state index >= 15 is 0 Å². The highest BCUT2D eigenvalue weighted by Gasteiger charge is 2.16. The van der Waals surface area contributed by atoms with Gasteiger partial charge in [-0.05, 0) is 31.2 Å². The number of H-pyrrole nitrogens is 1. The highest BCUT2D eigenvalue weighted by molar-refractivity contribution is 5.94. The Morgan fingerprint density at radius 2 is 1.86 bits per heavy atom. The maximum atomic E-state index is 12.1.